The third-order valence-electron chi connectivity index (χ3n) is 4.04. The lowest BCUT2D eigenvalue weighted by molar-refractivity contribution is 0.0698. The van der Waals surface area contributed by atoms with Gasteiger partial charge in [-0.15, -0.1) is 0 Å². The van der Waals surface area contributed by atoms with Crippen LogP contribution in [-0.2, 0) is 10.0 Å². The van der Waals surface area contributed by atoms with Gasteiger partial charge in [0.2, 0.25) is 10.0 Å². The second-order valence-corrected chi connectivity index (χ2v) is 7.69. The summed E-state index contributed by atoms with van der Waals surface area (Å²) in [6.45, 7) is 4.80. The summed E-state index contributed by atoms with van der Waals surface area (Å²) in [5, 5.41) is 4.53. The van der Waals surface area contributed by atoms with Gasteiger partial charge in [-0.1, -0.05) is 5.16 Å². The van der Waals surface area contributed by atoms with Crippen LogP contribution in [0.5, 0.6) is 0 Å². The number of nitrogens with zero attached hydrogens (tertiary/aromatic N) is 4. The molecule has 0 radical (unpaired) electrons. The van der Waals surface area contributed by atoms with Crippen LogP contribution in [0.25, 0.3) is 11.1 Å². The molecular formula is C14H18N4O4S. The lowest BCUT2D eigenvalue weighted by Gasteiger charge is -2.33. The molecule has 124 valence electrons. The van der Waals surface area contributed by atoms with E-state index in [9.17, 15) is 13.2 Å². The molecule has 0 aliphatic carbocycles. The predicted molar refractivity (Wildman–Crippen MR) is 83.5 cm³/mol. The summed E-state index contributed by atoms with van der Waals surface area (Å²) < 4.78 is 30.2. The molecule has 0 aromatic carbocycles. The molecule has 9 heteroatoms. The van der Waals surface area contributed by atoms with E-state index in [0.717, 1.165) is 0 Å². The summed E-state index contributed by atoms with van der Waals surface area (Å²) >= 11 is 0. The second-order valence-electron chi connectivity index (χ2n) is 5.44. The van der Waals surface area contributed by atoms with Crippen molar-refractivity contribution in [1.82, 2.24) is 19.3 Å². The molecular weight excluding hydrogens is 320 g/mol. The van der Waals surface area contributed by atoms with Crippen molar-refractivity contribution in [2.75, 3.05) is 31.9 Å². The molecule has 0 N–H and O–H groups in total. The van der Waals surface area contributed by atoms with Crippen molar-refractivity contribution in [2.24, 2.45) is 0 Å². The van der Waals surface area contributed by atoms with Crippen LogP contribution >= 0.6 is 0 Å². The van der Waals surface area contributed by atoms with E-state index in [4.69, 9.17) is 4.52 Å². The number of amides is 1. The Morgan fingerprint density at radius 3 is 2.65 bits per heavy atom. The van der Waals surface area contributed by atoms with E-state index in [-0.39, 0.29) is 11.7 Å². The summed E-state index contributed by atoms with van der Waals surface area (Å²) in [5.41, 5.74) is 1.54. The Hall–Kier alpha value is -2.00. The van der Waals surface area contributed by atoms with Gasteiger partial charge in [0, 0.05) is 32.4 Å². The summed E-state index contributed by atoms with van der Waals surface area (Å²) in [7, 11) is -3.20. The van der Waals surface area contributed by atoms with Crippen molar-refractivity contribution in [1.29, 1.82) is 0 Å². The fourth-order valence-corrected chi connectivity index (χ4v) is 3.68. The fraction of sp³-hybridized carbons (Fsp3) is 0.500. The highest BCUT2D eigenvalue weighted by Gasteiger charge is 2.28. The molecule has 1 saturated heterocycles. The van der Waals surface area contributed by atoms with Gasteiger partial charge >= 0.3 is 0 Å². The van der Waals surface area contributed by atoms with Crippen LogP contribution in [0.1, 0.15) is 23.0 Å². The largest absolute Gasteiger partial charge is 0.336 e. The Kier molecular flexibility index (Phi) is 4.07. The number of pyridine rings is 1. The molecule has 1 aliphatic heterocycles. The molecule has 0 atom stereocenters. The molecule has 3 rings (SSSR count). The monoisotopic (exact) mass is 338 g/mol. The van der Waals surface area contributed by atoms with Gasteiger partial charge in [0.15, 0.2) is 0 Å². The Balaban J connectivity index is 1.75. The zero-order valence-electron chi connectivity index (χ0n) is 13.0. The molecule has 1 fully saturated rings. The number of aryl methyl sites for hydroxylation is 1. The average Bonchev–Trinajstić information content (AvgIpc) is 2.95. The van der Waals surface area contributed by atoms with E-state index >= 15 is 0 Å². The third-order valence-corrected chi connectivity index (χ3v) is 5.92. The molecule has 0 bridgehead atoms. The van der Waals surface area contributed by atoms with Crippen molar-refractivity contribution < 1.29 is 17.7 Å². The normalized spacial score (nSPS) is 16.9. The van der Waals surface area contributed by atoms with Crippen LogP contribution in [0, 0.1) is 6.92 Å². The van der Waals surface area contributed by atoms with Gasteiger partial charge in [0.1, 0.15) is 0 Å². The SMILES string of the molecule is CCS(=O)(=O)N1CCN(C(=O)c2cnc3onc(C)c3c2)CC1. The maximum absolute atomic E-state index is 12.6. The predicted octanol–water partition coefficient (Wildman–Crippen LogP) is 0.639. The molecule has 0 spiro atoms. The molecule has 1 aliphatic rings. The number of piperazine rings is 1. The van der Waals surface area contributed by atoms with Crippen molar-refractivity contribution in [3.63, 3.8) is 0 Å². The number of hydrogen-bond donors (Lipinski definition) is 0. The van der Waals surface area contributed by atoms with E-state index in [2.05, 4.69) is 10.1 Å². The number of carbonyl (C=O) groups excluding carboxylic acids is 1. The molecule has 2 aromatic rings. The number of rotatable bonds is 3. The van der Waals surface area contributed by atoms with Crippen molar-refractivity contribution >= 4 is 27.0 Å². The molecule has 3 heterocycles. The van der Waals surface area contributed by atoms with Crippen LogP contribution in [0.3, 0.4) is 0 Å². The topological polar surface area (TPSA) is 96.6 Å². The average molecular weight is 338 g/mol. The summed E-state index contributed by atoms with van der Waals surface area (Å²) in [5.74, 6) is -0.0811. The first-order chi connectivity index (χ1) is 10.9. The standard InChI is InChI=1S/C14H18N4O4S/c1-3-23(20,21)18-6-4-17(5-7-18)14(19)11-8-12-10(2)16-22-13(12)15-9-11/h8-9H,3-7H2,1-2H3. The Morgan fingerprint density at radius 1 is 1.30 bits per heavy atom. The van der Waals surface area contributed by atoms with Crippen molar-refractivity contribution in [3.8, 4) is 0 Å². The van der Waals surface area contributed by atoms with E-state index < -0.39 is 10.0 Å². The lowest BCUT2D eigenvalue weighted by Crippen LogP contribution is -2.50. The van der Waals surface area contributed by atoms with E-state index in [1.165, 1.54) is 10.5 Å². The first-order valence-corrected chi connectivity index (χ1v) is 9.02. The van der Waals surface area contributed by atoms with Gasteiger partial charge in [-0.2, -0.15) is 4.31 Å². The Morgan fingerprint density at radius 2 is 2.00 bits per heavy atom. The second kappa shape index (κ2) is 5.89. The van der Waals surface area contributed by atoms with Crippen molar-refractivity contribution in [3.05, 3.63) is 23.5 Å². The minimum absolute atomic E-state index is 0.0777. The maximum Gasteiger partial charge on any atom is 0.257 e. The summed E-state index contributed by atoms with van der Waals surface area (Å²) in [4.78, 5) is 18.3. The Bertz CT molecular complexity index is 838. The van der Waals surface area contributed by atoms with Crippen LogP contribution in [0.15, 0.2) is 16.8 Å². The molecule has 23 heavy (non-hydrogen) atoms. The van der Waals surface area contributed by atoms with E-state index in [0.29, 0.717) is 48.5 Å². The highest BCUT2D eigenvalue weighted by atomic mass is 32.2. The minimum Gasteiger partial charge on any atom is -0.336 e. The summed E-state index contributed by atoms with van der Waals surface area (Å²) in [6.07, 6.45) is 1.46. The van der Waals surface area contributed by atoms with Gasteiger partial charge < -0.3 is 9.42 Å². The third kappa shape index (κ3) is 2.93. The number of hydrogen-bond acceptors (Lipinski definition) is 6. The molecule has 0 saturated carbocycles. The maximum atomic E-state index is 12.6. The first kappa shape index (κ1) is 15.9. The summed E-state index contributed by atoms with van der Waals surface area (Å²) in [6, 6.07) is 1.71. The highest BCUT2D eigenvalue weighted by Crippen LogP contribution is 2.18. The highest BCUT2D eigenvalue weighted by molar-refractivity contribution is 7.89. The van der Waals surface area contributed by atoms with Gasteiger partial charge in [-0.3, -0.25) is 4.79 Å². The molecule has 0 unspecified atom stereocenters. The number of aromatic nitrogens is 2. The van der Waals surface area contributed by atoms with E-state index in [1.54, 1.807) is 24.8 Å². The smallest absolute Gasteiger partial charge is 0.257 e. The van der Waals surface area contributed by atoms with Crippen LogP contribution in [-0.4, -0.2) is 65.6 Å². The quantitative estimate of drug-likeness (QED) is 0.815. The van der Waals surface area contributed by atoms with Crippen LogP contribution in [0.2, 0.25) is 0 Å². The Labute approximate surface area is 134 Å². The fourth-order valence-electron chi connectivity index (χ4n) is 2.60. The lowest BCUT2D eigenvalue weighted by atomic mass is 10.2. The van der Waals surface area contributed by atoms with Gasteiger partial charge in [0.25, 0.3) is 11.6 Å². The molecule has 2 aromatic heterocycles. The zero-order chi connectivity index (χ0) is 16.6. The first-order valence-electron chi connectivity index (χ1n) is 7.41. The van der Waals surface area contributed by atoms with Crippen molar-refractivity contribution in [2.45, 2.75) is 13.8 Å². The van der Waals surface area contributed by atoms with Gasteiger partial charge in [0.05, 0.1) is 22.4 Å². The molecule has 8 nitrogen and oxygen atoms in total. The van der Waals surface area contributed by atoms with Crippen LogP contribution < -0.4 is 0 Å². The van der Waals surface area contributed by atoms with E-state index in [1.807, 2.05) is 0 Å². The molecule has 1 amide bonds. The van der Waals surface area contributed by atoms with Crippen LogP contribution in [0.4, 0.5) is 0 Å². The minimum atomic E-state index is -3.20. The van der Waals surface area contributed by atoms with Gasteiger partial charge in [-0.05, 0) is 19.9 Å². The number of carbonyl (C=O) groups is 1. The number of sulfonamides is 1. The number of fused-ring (bicyclic) bond motifs is 1. The zero-order valence-corrected chi connectivity index (χ0v) is 13.8. The van der Waals surface area contributed by atoms with Gasteiger partial charge in [-0.25, -0.2) is 13.4 Å².